The van der Waals surface area contributed by atoms with E-state index >= 15 is 0 Å². The summed E-state index contributed by atoms with van der Waals surface area (Å²) >= 11 is 5.77. The summed E-state index contributed by atoms with van der Waals surface area (Å²) in [5.74, 6) is -0.266. The number of rotatable bonds is 2. The quantitative estimate of drug-likeness (QED) is 0.532. The zero-order valence-electron chi connectivity index (χ0n) is 11.4. The predicted molar refractivity (Wildman–Crippen MR) is 78.6 cm³/mol. The van der Waals surface area contributed by atoms with E-state index in [1.165, 1.54) is 21.5 Å². The van der Waals surface area contributed by atoms with Crippen molar-refractivity contribution in [2.75, 3.05) is 0 Å². The molecule has 21 heavy (non-hydrogen) atoms. The lowest BCUT2D eigenvalue weighted by molar-refractivity contribution is 0.103. The molecule has 0 aliphatic heterocycles. The molecule has 0 spiro atoms. The third-order valence-corrected chi connectivity index (χ3v) is 3.61. The Morgan fingerprint density at radius 2 is 1.81 bits per heavy atom. The molecule has 0 radical (unpaired) electrons. The molecule has 6 nitrogen and oxygen atoms in total. The van der Waals surface area contributed by atoms with Gasteiger partial charge in [0.25, 0.3) is 0 Å². The lowest BCUT2D eigenvalue weighted by Gasteiger charge is -2.02. The second kappa shape index (κ2) is 4.82. The molecule has 7 heteroatoms. The zero-order chi connectivity index (χ0) is 15.1. The van der Waals surface area contributed by atoms with Crippen molar-refractivity contribution in [1.29, 1.82) is 0 Å². The highest BCUT2D eigenvalue weighted by molar-refractivity contribution is 6.29. The number of hydrogen-bond donors (Lipinski definition) is 0. The molecule has 0 atom stereocenters. The van der Waals surface area contributed by atoms with Crippen molar-refractivity contribution in [1.82, 2.24) is 19.1 Å². The number of carbonyl (C=O) groups excluding carboxylic acids is 1. The monoisotopic (exact) mass is 302 g/mol. The smallest absolute Gasteiger partial charge is 0.295 e. The molecule has 0 aliphatic carbocycles. The van der Waals surface area contributed by atoms with Crippen molar-refractivity contribution in [3.05, 3.63) is 57.5 Å². The van der Waals surface area contributed by atoms with Crippen LogP contribution in [-0.2, 0) is 14.1 Å². The van der Waals surface area contributed by atoms with Gasteiger partial charge in [0.2, 0.25) is 5.78 Å². The van der Waals surface area contributed by atoms with E-state index in [4.69, 9.17) is 11.6 Å². The molecule has 0 aliphatic rings. The SMILES string of the molecule is Cn1c(=O)n(C)c2cc(C(=O)c3cc(Cl)ncn3)ccc21. The van der Waals surface area contributed by atoms with Crippen molar-refractivity contribution >= 4 is 28.4 Å². The standard InChI is InChI=1S/C14H11ClN4O2/c1-18-10-4-3-8(5-11(10)19(2)14(18)21)13(20)9-6-12(15)17-7-16-9/h3-7H,1-2H3. The summed E-state index contributed by atoms with van der Waals surface area (Å²) in [6, 6.07) is 6.50. The van der Waals surface area contributed by atoms with Crippen LogP contribution in [0, 0.1) is 0 Å². The first-order valence-electron chi connectivity index (χ1n) is 6.17. The number of hydrogen-bond acceptors (Lipinski definition) is 4. The minimum absolute atomic E-state index is 0.139. The molecular formula is C14H11ClN4O2. The molecule has 0 unspecified atom stereocenters. The average Bonchev–Trinajstić information content (AvgIpc) is 2.71. The first kappa shape index (κ1) is 13.5. The second-order valence-corrected chi connectivity index (χ2v) is 5.05. The number of imidazole rings is 1. The van der Waals surface area contributed by atoms with Crippen molar-refractivity contribution in [3.8, 4) is 0 Å². The van der Waals surface area contributed by atoms with Gasteiger partial charge in [0.1, 0.15) is 17.2 Å². The Bertz CT molecular complexity index is 926. The van der Waals surface area contributed by atoms with E-state index < -0.39 is 0 Å². The summed E-state index contributed by atoms with van der Waals surface area (Å²) in [4.78, 5) is 32.0. The van der Waals surface area contributed by atoms with E-state index in [2.05, 4.69) is 9.97 Å². The van der Waals surface area contributed by atoms with Crippen molar-refractivity contribution < 1.29 is 4.79 Å². The number of halogens is 1. The number of aromatic nitrogens is 4. The maximum Gasteiger partial charge on any atom is 0.328 e. The van der Waals surface area contributed by atoms with E-state index in [1.807, 2.05) is 0 Å². The number of carbonyl (C=O) groups is 1. The zero-order valence-corrected chi connectivity index (χ0v) is 12.1. The fraction of sp³-hybridized carbons (Fsp3) is 0.143. The van der Waals surface area contributed by atoms with Gasteiger partial charge in [-0.25, -0.2) is 14.8 Å². The third kappa shape index (κ3) is 2.13. The molecule has 0 bridgehead atoms. The highest BCUT2D eigenvalue weighted by atomic mass is 35.5. The molecule has 0 saturated heterocycles. The molecule has 1 aromatic carbocycles. The van der Waals surface area contributed by atoms with E-state index in [0.29, 0.717) is 11.1 Å². The van der Waals surface area contributed by atoms with Gasteiger partial charge in [-0.2, -0.15) is 0 Å². The first-order valence-corrected chi connectivity index (χ1v) is 6.54. The number of nitrogens with zero attached hydrogens (tertiary/aromatic N) is 4. The van der Waals surface area contributed by atoms with Crippen LogP contribution in [0.1, 0.15) is 16.1 Å². The molecule has 2 aromatic heterocycles. The van der Waals surface area contributed by atoms with Crippen LogP contribution in [0.25, 0.3) is 11.0 Å². The van der Waals surface area contributed by atoms with E-state index in [-0.39, 0.29) is 22.3 Å². The van der Waals surface area contributed by atoms with Crippen LogP contribution in [-0.4, -0.2) is 24.9 Å². The fourth-order valence-corrected chi connectivity index (χ4v) is 2.40. The Morgan fingerprint density at radius 1 is 1.10 bits per heavy atom. The summed E-state index contributed by atoms with van der Waals surface area (Å²) in [5, 5.41) is 0.210. The molecule has 0 amide bonds. The lowest BCUT2D eigenvalue weighted by atomic mass is 10.1. The maximum absolute atomic E-state index is 12.4. The van der Waals surface area contributed by atoms with Gasteiger partial charge < -0.3 is 0 Å². The molecule has 3 rings (SSSR count). The van der Waals surface area contributed by atoms with Gasteiger partial charge in [-0.3, -0.25) is 13.9 Å². The average molecular weight is 303 g/mol. The second-order valence-electron chi connectivity index (χ2n) is 4.66. The molecule has 2 heterocycles. The molecule has 3 aromatic rings. The maximum atomic E-state index is 12.4. The van der Waals surface area contributed by atoms with E-state index in [9.17, 15) is 9.59 Å². The van der Waals surface area contributed by atoms with Crippen molar-refractivity contribution in [3.63, 3.8) is 0 Å². The number of benzene rings is 1. The Hall–Kier alpha value is -2.47. The highest BCUT2D eigenvalue weighted by Crippen LogP contribution is 2.17. The Morgan fingerprint density at radius 3 is 2.52 bits per heavy atom. The van der Waals surface area contributed by atoms with Crippen LogP contribution < -0.4 is 5.69 Å². The number of fused-ring (bicyclic) bond motifs is 1. The number of ketones is 1. The minimum atomic E-state index is -0.266. The summed E-state index contributed by atoms with van der Waals surface area (Å²) in [7, 11) is 3.36. The molecule has 106 valence electrons. The third-order valence-electron chi connectivity index (χ3n) is 3.40. The fourth-order valence-electron chi connectivity index (χ4n) is 2.25. The van der Waals surface area contributed by atoms with E-state index in [1.54, 1.807) is 32.3 Å². The molecule has 0 N–H and O–H groups in total. The van der Waals surface area contributed by atoms with Crippen LogP contribution in [0.3, 0.4) is 0 Å². The first-order chi connectivity index (χ1) is 9.99. The summed E-state index contributed by atoms with van der Waals surface area (Å²) in [6.45, 7) is 0. The van der Waals surface area contributed by atoms with Gasteiger partial charge in [0.05, 0.1) is 11.0 Å². The summed E-state index contributed by atoms with van der Waals surface area (Å²) < 4.78 is 3.03. The highest BCUT2D eigenvalue weighted by Gasteiger charge is 2.14. The van der Waals surface area contributed by atoms with Crippen LogP contribution in [0.2, 0.25) is 5.15 Å². The molecule has 0 fully saturated rings. The van der Waals surface area contributed by atoms with Crippen LogP contribution in [0.5, 0.6) is 0 Å². The van der Waals surface area contributed by atoms with E-state index in [0.717, 1.165) is 5.52 Å². The topological polar surface area (TPSA) is 69.8 Å². The molecule has 0 saturated carbocycles. The Kier molecular flexibility index (Phi) is 3.10. The van der Waals surface area contributed by atoms with Gasteiger partial charge in [-0.1, -0.05) is 11.6 Å². The molecular weight excluding hydrogens is 292 g/mol. The summed E-state index contributed by atoms with van der Waals surface area (Å²) in [5.41, 5.74) is 1.97. The summed E-state index contributed by atoms with van der Waals surface area (Å²) in [6.07, 6.45) is 1.24. The Labute approximate surface area is 124 Å². The van der Waals surface area contributed by atoms with Gasteiger partial charge in [-0.15, -0.1) is 0 Å². The Balaban J connectivity index is 2.15. The van der Waals surface area contributed by atoms with Crippen LogP contribution >= 0.6 is 11.6 Å². The van der Waals surface area contributed by atoms with Crippen molar-refractivity contribution in [2.24, 2.45) is 14.1 Å². The lowest BCUT2D eigenvalue weighted by Crippen LogP contribution is -2.19. The number of aryl methyl sites for hydroxylation is 2. The van der Waals surface area contributed by atoms with Crippen molar-refractivity contribution in [2.45, 2.75) is 0 Å². The predicted octanol–water partition coefficient (Wildman–Crippen LogP) is 1.55. The van der Waals surface area contributed by atoms with Gasteiger partial charge in [0, 0.05) is 25.7 Å². The normalized spacial score (nSPS) is 11.0. The largest absolute Gasteiger partial charge is 0.328 e. The van der Waals surface area contributed by atoms with Crippen LogP contribution in [0.15, 0.2) is 35.4 Å². The van der Waals surface area contributed by atoms with Gasteiger partial charge in [0.15, 0.2) is 0 Å². The minimum Gasteiger partial charge on any atom is -0.295 e. The van der Waals surface area contributed by atoms with Crippen LogP contribution in [0.4, 0.5) is 0 Å². The van der Waals surface area contributed by atoms with Gasteiger partial charge >= 0.3 is 5.69 Å². The van der Waals surface area contributed by atoms with Gasteiger partial charge in [-0.05, 0) is 18.2 Å².